The van der Waals surface area contributed by atoms with Crippen molar-refractivity contribution in [2.45, 2.75) is 361 Å². The number of carbonyl (C=O) groups excluding carboxylic acids is 23. The van der Waals surface area contributed by atoms with Crippen LogP contribution in [-0.4, -0.2) is 276 Å². The first kappa shape index (κ1) is 121. The number of primary amides is 3. The minimum absolute atomic E-state index is 0.00642. The van der Waals surface area contributed by atoms with Crippen LogP contribution in [0, 0.1) is 17.8 Å². The van der Waals surface area contributed by atoms with E-state index in [2.05, 4.69) is 101 Å². The number of likely N-dealkylation sites (tertiary alicyclic amines) is 1. The molecule has 1 saturated heterocycles. The van der Waals surface area contributed by atoms with Crippen molar-refractivity contribution in [3.05, 3.63) is 35.9 Å². The first-order chi connectivity index (χ1) is 63.2. The van der Waals surface area contributed by atoms with Crippen LogP contribution in [0.4, 0.5) is 0 Å². The van der Waals surface area contributed by atoms with Crippen LogP contribution in [0.1, 0.15) is 250 Å². The van der Waals surface area contributed by atoms with Gasteiger partial charge in [0.25, 0.3) is 0 Å². The molecule has 1 aliphatic heterocycles. The predicted molar refractivity (Wildman–Crippen MR) is 504 cm³/mol. The average molecular weight is 1950 g/mol. The van der Waals surface area contributed by atoms with Gasteiger partial charge in [-0.15, -0.1) is 0 Å². The number of aliphatic hydroxyl groups is 1. The van der Waals surface area contributed by atoms with Gasteiger partial charge >= 0.3 is 0 Å². The molecule has 23 amide bonds. The van der Waals surface area contributed by atoms with Crippen molar-refractivity contribution >= 4 is 136 Å². The zero-order chi connectivity index (χ0) is 106. The Morgan fingerprint density at radius 1 is 0.391 bits per heavy atom. The number of hydrogen-bond donors (Lipinski definition) is 23. The van der Waals surface area contributed by atoms with Gasteiger partial charge in [0.2, 0.25) is 136 Å². The number of carbonyl (C=O) groups is 23. The van der Waals surface area contributed by atoms with E-state index in [9.17, 15) is 115 Å². The molecule has 0 aromatic heterocycles. The van der Waals surface area contributed by atoms with Gasteiger partial charge in [0.05, 0.1) is 19.2 Å². The molecule has 774 valence electrons. The Labute approximate surface area is 805 Å². The fourth-order valence-electron chi connectivity index (χ4n) is 13.8. The third-order valence-electron chi connectivity index (χ3n) is 22.7. The van der Waals surface area contributed by atoms with Crippen molar-refractivity contribution in [2.75, 3.05) is 19.7 Å². The first-order valence-electron chi connectivity index (χ1n) is 45.9. The highest BCUT2D eigenvalue weighted by Gasteiger charge is 2.48. The quantitative estimate of drug-likeness (QED) is 0.0290. The predicted octanol–water partition coefficient (Wildman–Crippen LogP) is -5.04. The molecule has 1 aromatic rings. The van der Waals surface area contributed by atoms with E-state index in [1.54, 1.807) is 71.9 Å². The van der Waals surface area contributed by atoms with Gasteiger partial charge in [-0.1, -0.05) is 78.8 Å². The third-order valence-corrected chi connectivity index (χ3v) is 22.7. The SMILES string of the molecule is CC[C@@](C)(NC(=O)C(C)(C)NC(=O)[C@@H](NC(=O)[C@@H]1CCCN1C(=O)C(C)(C)NC(=O)[C@H](CC(C)C)NC(=O)CNC(=O)C(C)(C)NC(=O)[C@@H](NC(=O)C(C)(C)NC(=O)[C@H](CCC(N)=O)NC(=O)[C@H](C)NC(=O)C(C)(C)NC(=O)[C@H](C)NC(=O)C(C)(C)NC(=O)[C@H](C)NC(=O)C(C)(C)NC(C)=O)C(C)C)C(C)C)C(=O)N[C@@H](CCC(N)=O)C(=O)N[C@H](CCC(N)=O)C(=O)N[C@@H](CO)Cc1ccccc1. The van der Waals surface area contributed by atoms with Crippen LogP contribution < -0.4 is 118 Å². The topological polar surface area (TPSA) is 723 Å². The smallest absolute Gasteiger partial charge is 0.248 e. The molecule has 0 spiro atoms. The molecule has 47 heteroatoms. The second-order valence-corrected chi connectivity index (χ2v) is 40.0. The van der Waals surface area contributed by atoms with Gasteiger partial charge in [-0.25, -0.2) is 0 Å². The Morgan fingerprint density at radius 3 is 1.19 bits per heavy atom. The van der Waals surface area contributed by atoms with Crippen LogP contribution >= 0.6 is 0 Å². The Kier molecular flexibility index (Phi) is 45.6. The van der Waals surface area contributed by atoms with Crippen molar-refractivity contribution in [1.82, 2.24) is 106 Å². The molecule has 0 unspecified atom stereocenters. The molecular weight excluding hydrogens is 1800 g/mol. The number of aliphatic hydroxyl groups excluding tert-OH is 1. The zero-order valence-electron chi connectivity index (χ0n) is 84.4. The highest BCUT2D eigenvalue weighted by molar-refractivity contribution is 6.05. The van der Waals surface area contributed by atoms with E-state index in [-0.39, 0.29) is 51.0 Å². The lowest BCUT2D eigenvalue weighted by Gasteiger charge is -2.36. The van der Waals surface area contributed by atoms with Crippen molar-refractivity contribution in [2.24, 2.45) is 35.0 Å². The van der Waals surface area contributed by atoms with E-state index in [1.165, 1.54) is 143 Å². The van der Waals surface area contributed by atoms with Gasteiger partial charge in [0.1, 0.15) is 105 Å². The summed E-state index contributed by atoms with van der Waals surface area (Å²) in [5.41, 5.74) is 3.00. The van der Waals surface area contributed by atoms with Gasteiger partial charge in [-0.3, -0.25) is 110 Å². The van der Waals surface area contributed by atoms with Crippen LogP contribution in [0.3, 0.4) is 0 Å². The number of rotatable bonds is 55. The van der Waals surface area contributed by atoms with Gasteiger partial charge < -0.3 is 128 Å². The second kappa shape index (κ2) is 52.0. The fraction of sp³-hybridized carbons (Fsp3) is 0.681. The molecule has 0 aliphatic carbocycles. The normalized spacial score (nSPS) is 15.6. The molecule has 12 atom stereocenters. The van der Waals surface area contributed by atoms with E-state index >= 15 is 0 Å². The highest BCUT2D eigenvalue weighted by Crippen LogP contribution is 2.25. The summed E-state index contributed by atoms with van der Waals surface area (Å²) in [6.45, 7) is 35.1. The van der Waals surface area contributed by atoms with E-state index in [0.717, 1.165) is 5.56 Å². The molecule has 26 N–H and O–H groups in total. The van der Waals surface area contributed by atoms with Crippen molar-refractivity contribution in [3.8, 4) is 0 Å². The summed E-state index contributed by atoms with van der Waals surface area (Å²) in [5.74, 6) is -21.3. The van der Waals surface area contributed by atoms with E-state index in [1.807, 2.05) is 0 Å². The summed E-state index contributed by atoms with van der Waals surface area (Å²) in [6, 6.07) is -5.84. The minimum atomic E-state index is -1.91. The average Bonchev–Trinajstić information content (AvgIpc) is 1.59. The standard InChI is InChI=1S/C91H151N23O24/c1-27-91(26,82(137)103-56(36-39-61(93)118)70(125)102-55(35-38-60(92)117)69(124)99-54(45-115)43-53-32-29-28-30-33-53)113-81(136)89(22,23)112-74(129)64(47(4)5)104-73(128)59-34-31-41-114(59)83(138)90(24,25)110-72(127)58(42-46(2)3)100-63(120)44-95-76(131)84(12,13)111-75(130)65(48(6)7)105-80(135)88(20,21)109-71(126)57(37-40-62(94)119)101-66(121)49(8)96-78(133)86(16,17)107-68(123)51(10)98-79(134)87(18,19)108-67(122)50(9)97-77(132)85(14,15)106-52(11)116/h28-30,32-33,46-51,54-59,64-65,115H,27,31,34-45H2,1-26H3,(H2,92,117)(H2,93,118)(H2,94,119)(H,95,131)(H,96,133)(H,97,132)(H,98,134)(H,99,124)(H,100,120)(H,101,121)(H,102,125)(H,103,137)(H,104,128)(H,105,135)(H,106,116)(H,107,123)(H,108,122)(H,109,126)(H,110,127)(H,111,130)(H,112,129)(H,113,136)/t49-,50-,51-,54+,55+,56-,57-,58-,59-,64-,65-,91+/m0/s1. The largest absolute Gasteiger partial charge is 0.394 e. The molecular formula is C91H151N23O24. The van der Waals surface area contributed by atoms with Crippen LogP contribution in [0.15, 0.2) is 30.3 Å². The molecule has 1 heterocycles. The Balaban J connectivity index is 2.18. The number of nitrogens with zero attached hydrogens (tertiary/aromatic N) is 1. The van der Waals surface area contributed by atoms with Gasteiger partial charge in [0, 0.05) is 32.7 Å². The number of nitrogens with two attached hydrogens (primary N) is 3. The second-order valence-electron chi connectivity index (χ2n) is 40.0. The molecule has 2 rings (SSSR count). The molecule has 0 saturated carbocycles. The molecule has 0 radical (unpaired) electrons. The summed E-state index contributed by atoms with van der Waals surface area (Å²) in [5, 5.41) is 58.3. The highest BCUT2D eigenvalue weighted by atomic mass is 16.3. The minimum Gasteiger partial charge on any atom is -0.394 e. The number of hydrogen-bond acceptors (Lipinski definition) is 24. The number of benzene rings is 1. The van der Waals surface area contributed by atoms with Crippen LogP contribution in [0.25, 0.3) is 0 Å². The summed E-state index contributed by atoms with van der Waals surface area (Å²) >= 11 is 0. The number of nitrogens with one attached hydrogen (secondary N) is 19. The third kappa shape index (κ3) is 38.5. The fourth-order valence-corrected chi connectivity index (χ4v) is 13.8. The van der Waals surface area contributed by atoms with Crippen LogP contribution in [0.2, 0.25) is 0 Å². The molecule has 1 fully saturated rings. The maximum atomic E-state index is 14.6. The lowest BCUT2D eigenvalue weighted by atomic mass is 9.93. The van der Waals surface area contributed by atoms with Crippen LogP contribution in [-0.2, 0) is 117 Å². The summed E-state index contributed by atoms with van der Waals surface area (Å²) in [6.07, 6.45) is -1.91. The zero-order valence-corrected chi connectivity index (χ0v) is 84.4. The van der Waals surface area contributed by atoms with Gasteiger partial charge in [0.15, 0.2) is 0 Å². The van der Waals surface area contributed by atoms with Crippen LogP contribution in [0.5, 0.6) is 0 Å². The Morgan fingerprint density at radius 2 is 0.761 bits per heavy atom. The summed E-state index contributed by atoms with van der Waals surface area (Å²) in [4.78, 5) is 313. The monoisotopic (exact) mass is 1950 g/mol. The molecule has 1 aromatic carbocycles. The molecule has 138 heavy (non-hydrogen) atoms. The molecule has 0 bridgehead atoms. The first-order valence-corrected chi connectivity index (χ1v) is 45.9. The Bertz CT molecular complexity index is 4630. The lowest BCUT2D eigenvalue weighted by molar-refractivity contribution is -0.146. The van der Waals surface area contributed by atoms with Crippen molar-refractivity contribution in [1.29, 1.82) is 0 Å². The maximum Gasteiger partial charge on any atom is 0.248 e. The van der Waals surface area contributed by atoms with E-state index in [0.29, 0.717) is 6.42 Å². The van der Waals surface area contributed by atoms with Gasteiger partial charge in [-0.05, 0) is 199 Å². The van der Waals surface area contributed by atoms with Crippen molar-refractivity contribution < 1.29 is 115 Å². The maximum absolute atomic E-state index is 14.6. The molecule has 1 aliphatic rings. The lowest BCUT2D eigenvalue weighted by Crippen LogP contribution is -2.67. The van der Waals surface area contributed by atoms with E-state index < -0.39 is 297 Å². The van der Waals surface area contributed by atoms with Crippen molar-refractivity contribution in [3.63, 3.8) is 0 Å². The molecule has 47 nitrogen and oxygen atoms in total. The van der Waals surface area contributed by atoms with Gasteiger partial charge in [-0.2, -0.15) is 0 Å². The number of amides is 23. The van der Waals surface area contributed by atoms with E-state index in [4.69, 9.17) is 17.2 Å². The summed E-state index contributed by atoms with van der Waals surface area (Å²) in [7, 11) is 0. The summed E-state index contributed by atoms with van der Waals surface area (Å²) < 4.78 is 0. The Hall–Kier alpha value is -13.0.